The van der Waals surface area contributed by atoms with Gasteiger partial charge in [0.05, 0.1) is 12.7 Å². The number of rotatable bonds is 5. The molecule has 0 aliphatic carbocycles. The van der Waals surface area contributed by atoms with Crippen LogP contribution in [0.2, 0.25) is 0 Å². The number of para-hydroxylation sites is 1. The highest BCUT2D eigenvalue weighted by atomic mass is 19.1. The fraction of sp³-hybridized carbons (Fsp3) is 0.100. The second-order valence-corrected chi connectivity index (χ2v) is 5.73. The molecule has 0 aliphatic rings. The van der Waals surface area contributed by atoms with Crippen LogP contribution in [0, 0.1) is 5.82 Å². The lowest BCUT2D eigenvalue weighted by atomic mass is 10.1. The van der Waals surface area contributed by atoms with Crippen molar-refractivity contribution >= 4 is 16.9 Å². The number of aromatic nitrogens is 1. The molecule has 4 rings (SSSR count). The van der Waals surface area contributed by atoms with E-state index in [-0.39, 0.29) is 23.7 Å². The maximum atomic E-state index is 13.8. The Morgan fingerprint density at radius 3 is 2.81 bits per heavy atom. The lowest BCUT2D eigenvalue weighted by molar-refractivity contribution is 0.0430. The number of halogens is 1. The second kappa shape index (κ2) is 6.95. The number of carbonyl (C=O) groups is 1. The molecule has 136 valence electrons. The van der Waals surface area contributed by atoms with E-state index >= 15 is 0 Å². The summed E-state index contributed by atoms with van der Waals surface area (Å²) in [6.07, 6.45) is 0. The summed E-state index contributed by atoms with van der Waals surface area (Å²) < 4.78 is 34.9. The molecule has 7 heteroatoms. The molecule has 0 N–H and O–H groups in total. The maximum Gasteiger partial charge on any atom is 0.374 e. The van der Waals surface area contributed by atoms with Crippen LogP contribution in [-0.2, 0) is 11.3 Å². The van der Waals surface area contributed by atoms with Gasteiger partial charge in [0.2, 0.25) is 5.76 Å². The van der Waals surface area contributed by atoms with Gasteiger partial charge in [-0.15, -0.1) is 0 Å². The van der Waals surface area contributed by atoms with E-state index in [4.69, 9.17) is 18.4 Å². The van der Waals surface area contributed by atoms with Crippen molar-refractivity contribution < 1.29 is 27.6 Å². The lowest BCUT2D eigenvalue weighted by Crippen LogP contribution is -2.03. The Labute approximate surface area is 153 Å². The van der Waals surface area contributed by atoms with Crippen LogP contribution in [0.25, 0.3) is 22.3 Å². The zero-order valence-electron chi connectivity index (χ0n) is 14.3. The molecule has 0 spiro atoms. The van der Waals surface area contributed by atoms with Crippen LogP contribution < -0.4 is 4.74 Å². The van der Waals surface area contributed by atoms with Crippen molar-refractivity contribution in [3.05, 3.63) is 71.9 Å². The van der Waals surface area contributed by atoms with E-state index in [9.17, 15) is 9.18 Å². The molecule has 27 heavy (non-hydrogen) atoms. The summed E-state index contributed by atoms with van der Waals surface area (Å²) in [5, 5.41) is 4.53. The predicted octanol–water partition coefficient (Wildman–Crippen LogP) is 4.59. The zero-order chi connectivity index (χ0) is 18.8. The number of methoxy groups -OCH3 is 1. The van der Waals surface area contributed by atoms with Crippen LogP contribution in [0.4, 0.5) is 4.39 Å². The number of esters is 1. The van der Waals surface area contributed by atoms with Crippen LogP contribution in [0.3, 0.4) is 0 Å². The molecule has 0 atom stereocenters. The molecule has 4 aromatic rings. The lowest BCUT2D eigenvalue weighted by Gasteiger charge is -2.00. The molecule has 0 saturated heterocycles. The van der Waals surface area contributed by atoms with Crippen LogP contribution >= 0.6 is 0 Å². The number of carbonyl (C=O) groups excluding carboxylic acids is 1. The van der Waals surface area contributed by atoms with Crippen LogP contribution in [0.5, 0.6) is 5.75 Å². The summed E-state index contributed by atoms with van der Waals surface area (Å²) in [6, 6.07) is 14.6. The third-order valence-electron chi connectivity index (χ3n) is 3.98. The van der Waals surface area contributed by atoms with Gasteiger partial charge < -0.3 is 18.4 Å². The molecule has 0 radical (unpaired) electrons. The number of hydrogen-bond donors (Lipinski definition) is 0. The van der Waals surface area contributed by atoms with Gasteiger partial charge in [0.15, 0.2) is 17.1 Å². The normalized spacial score (nSPS) is 10.9. The summed E-state index contributed by atoms with van der Waals surface area (Å²) in [4.78, 5) is 12.2. The molecule has 0 saturated carbocycles. The molecule has 0 bridgehead atoms. The molecule has 2 heterocycles. The van der Waals surface area contributed by atoms with E-state index in [0.29, 0.717) is 17.0 Å². The van der Waals surface area contributed by atoms with Crippen LogP contribution in [0.1, 0.15) is 16.2 Å². The van der Waals surface area contributed by atoms with Gasteiger partial charge in [-0.05, 0) is 24.3 Å². The first kappa shape index (κ1) is 16.8. The van der Waals surface area contributed by atoms with E-state index in [1.165, 1.54) is 19.2 Å². The fourth-order valence-electron chi connectivity index (χ4n) is 2.68. The highest BCUT2D eigenvalue weighted by molar-refractivity contribution is 5.94. The van der Waals surface area contributed by atoms with Crippen molar-refractivity contribution in [1.29, 1.82) is 0 Å². The van der Waals surface area contributed by atoms with Gasteiger partial charge in [0.25, 0.3) is 0 Å². The Morgan fingerprint density at radius 2 is 2.00 bits per heavy atom. The van der Waals surface area contributed by atoms with Gasteiger partial charge in [-0.3, -0.25) is 0 Å². The SMILES string of the molecule is COc1cccc2cc(C(=O)OCc3cc(-c4ccccc4F)on3)oc12. The van der Waals surface area contributed by atoms with Gasteiger partial charge in [0, 0.05) is 11.5 Å². The first-order valence-electron chi connectivity index (χ1n) is 8.10. The van der Waals surface area contributed by atoms with Crippen molar-refractivity contribution in [2.75, 3.05) is 7.11 Å². The highest BCUT2D eigenvalue weighted by Crippen LogP contribution is 2.29. The van der Waals surface area contributed by atoms with Gasteiger partial charge in [0.1, 0.15) is 18.1 Å². The van der Waals surface area contributed by atoms with Gasteiger partial charge in [-0.2, -0.15) is 0 Å². The zero-order valence-corrected chi connectivity index (χ0v) is 14.3. The third kappa shape index (κ3) is 3.27. The summed E-state index contributed by atoms with van der Waals surface area (Å²) in [5.74, 6) is -0.241. The van der Waals surface area contributed by atoms with Crippen molar-refractivity contribution in [2.45, 2.75) is 6.61 Å². The van der Waals surface area contributed by atoms with Crippen molar-refractivity contribution in [1.82, 2.24) is 5.16 Å². The molecule has 0 unspecified atom stereocenters. The first-order chi connectivity index (χ1) is 13.2. The number of benzene rings is 2. The quantitative estimate of drug-likeness (QED) is 0.480. The van der Waals surface area contributed by atoms with Crippen molar-refractivity contribution in [3.63, 3.8) is 0 Å². The van der Waals surface area contributed by atoms with Gasteiger partial charge in [-0.1, -0.05) is 29.4 Å². The molecule has 2 aromatic carbocycles. The number of fused-ring (bicyclic) bond motifs is 1. The summed E-state index contributed by atoms with van der Waals surface area (Å²) >= 11 is 0. The van der Waals surface area contributed by atoms with E-state index in [1.54, 1.807) is 42.5 Å². The average molecular weight is 367 g/mol. The van der Waals surface area contributed by atoms with E-state index in [1.807, 2.05) is 0 Å². The monoisotopic (exact) mass is 367 g/mol. The Hall–Kier alpha value is -3.61. The molecule has 6 nitrogen and oxygen atoms in total. The standard InChI is InChI=1S/C20H14FNO5/c1-24-16-8-4-5-12-9-18(26-19(12)16)20(23)25-11-13-10-17(27-22-13)14-6-2-3-7-15(14)21/h2-10H,11H2,1H3. The maximum absolute atomic E-state index is 13.8. The minimum absolute atomic E-state index is 0.0484. The van der Waals surface area contributed by atoms with Crippen molar-refractivity contribution in [2.24, 2.45) is 0 Å². The predicted molar refractivity (Wildman–Crippen MR) is 93.8 cm³/mol. The van der Waals surface area contributed by atoms with Gasteiger partial charge in [-0.25, -0.2) is 9.18 Å². The Balaban J connectivity index is 1.48. The summed E-state index contributed by atoms with van der Waals surface area (Å²) in [6.45, 7) is -0.134. The summed E-state index contributed by atoms with van der Waals surface area (Å²) in [7, 11) is 1.52. The van der Waals surface area contributed by atoms with Crippen LogP contribution in [-0.4, -0.2) is 18.2 Å². The Bertz CT molecular complexity index is 1110. The molecule has 2 aromatic heterocycles. The fourth-order valence-corrected chi connectivity index (χ4v) is 2.68. The minimum Gasteiger partial charge on any atom is -0.493 e. The first-order valence-corrected chi connectivity index (χ1v) is 8.10. The van der Waals surface area contributed by atoms with Crippen LogP contribution in [0.15, 0.2) is 63.5 Å². The topological polar surface area (TPSA) is 74.7 Å². The smallest absolute Gasteiger partial charge is 0.374 e. The number of nitrogens with zero attached hydrogens (tertiary/aromatic N) is 1. The minimum atomic E-state index is -0.649. The van der Waals surface area contributed by atoms with Gasteiger partial charge >= 0.3 is 5.97 Å². The number of furan rings is 1. The number of hydrogen-bond acceptors (Lipinski definition) is 6. The molecular formula is C20H14FNO5. The van der Waals surface area contributed by atoms with E-state index in [2.05, 4.69) is 5.16 Å². The second-order valence-electron chi connectivity index (χ2n) is 5.73. The van der Waals surface area contributed by atoms with Crippen molar-refractivity contribution in [3.8, 4) is 17.1 Å². The highest BCUT2D eigenvalue weighted by Gasteiger charge is 2.17. The molecule has 0 fully saturated rings. The number of ether oxygens (including phenoxy) is 2. The molecular weight excluding hydrogens is 353 g/mol. The Kier molecular flexibility index (Phi) is 4.33. The average Bonchev–Trinajstić information content (AvgIpc) is 3.33. The summed E-state index contributed by atoms with van der Waals surface area (Å²) in [5.41, 5.74) is 1.11. The molecule has 0 aliphatic heterocycles. The van der Waals surface area contributed by atoms with E-state index < -0.39 is 11.8 Å². The van der Waals surface area contributed by atoms with E-state index in [0.717, 1.165) is 5.39 Å². The molecule has 0 amide bonds. The largest absolute Gasteiger partial charge is 0.493 e. The Morgan fingerprint density at radius 1 is 1.15 bits per heavy atom. The third-order valence-corrected chi connectivity index (χ3v) is 3.98.